The van der Waals surface area contributed by atoms with Gasteiger partial charge in [0.25, 0.3) is 5.91 Å². The predicted octanol–water partition coefficient (Wildman–Crippen LogP) is 6.50. The number of nitrogens with zero attached hydrogens (tertiary/aromatic N) is 1. The third-order valence-electron chi connectivity index (χ3n) is 5.03. The molecule has 1 amide bonds. The first kappa shape index (κ1) is 23.7. The Labute approximate surface area is 184 Å². The van der Waals surface area contributed by atoms with E-state index in [1.165, 1.54) is 17.6 Å². The zero-order chi connectivity index (χ0) is 23.8. The predicted molar refractivity (Wildman–Crippen MR) is 108 cm³/mol. The molecular formula is C22H17ClF6N2O. The lowest BCUT2D eigenvalue weighted by molar-refractivity contribution is -0.143. The van der Waals surface area contributed by atoms with Gasteiger partial charge in [-0.2, -0.15) is 26.3 Å². The summed E-state index contributed by atoms with van der Waals surface area (Å²) in [5.41, 5.74) is 3.33. The van der Waals surface area contributed by atoms with Crippen molar-refractivity contribution >= 4 is 17.5 Å². The molecule has 0 fully saturated rings. The van der Waals surface area contributed by atoms with Crippen molar-refractivity contribution in [2.45, 2.75) is 32.2 Å². The number of aryl methyl sites for hydroxylation is 1. The van der Waals surface area contributed by atoms with Gasteiger partial charge in [0.15, 0.2) is 0 Å². The molecule has 3 rings (SSSR count). The van der Waals surface area contributed by atoms with Gasteiger partial charge in [-0.15, -0.1) is 0 Å². The average molecular weight is 475 g/mol. The minimum atomic E-state index is -4.99. The van der Waals surface area contributed by atoms with E-state index in [0.717, 1.165) is 5.56 Å². The summed E-state index contributed by atoms with van der Waals surface area (Å²) in [7, 11) is 0. The lowest BCUT2D eigenvalue weighted by Crippen LogP contribution is -2.13. The Morgan fingerprint density at radius 2 is 1.56 bits per heavy atom. The van der Waals surface area contributed by atoms with Crippen molar-refractivity contribution in [3.05, 3.63) is 81.5 Å². The molecule has 3 aromatic rings. The van der Waals surface area contributed by atoms with Crippen molar-refractivity contribution in [1.29, 1.82) is 0 Å². The first-order chi connectivity index (χ1) is 14.8. The fourth-order valence-electron chi connectivity index (χ4n) is 3.46. The second kappa shape index (κ2) is 8.54. The van der Waals surface area contributed by atoms with Crippen LogP contribution in [0.2, 0.25) is 5.02 Å². The standard InChI is InChI=1S/C22H17ClF6N2O/c1-12-18(20(30)32)11-19(31(12)6-5-13-3-2-4-17(23)7-13)14-8-15(21(24,25)26)10-16(9-14)22(27,28)29/h2-4,7-11H,5-6H2,1H3,(H2,30,32). The second-order valence-electron chi connectivity index (χ2n) is 7.22. The number of hydrogen-bond acceptors (Lipinski definition) is 1. The largest absolute Gasteiger partial charge is 0.416 e. The summed E-state index contributed by atoms with van der Waals surface area (Å²) in [5.74, 6) is -0.840. The Kier molecular flexibility index (Phi) is 6.33. The molecule has 1 heterocycles. The van der Waals surface area contributed by atoms with Gasteiger partial charge in [-0.1, -0.05) is 23.7 Å². The fourth-order valence-corrected chi connectivity index (χ4v) is 3.67. The van der Waals surface area contributed by atoms with Crippen LogP contribution in [0.4, 0.5) is 26.3 Å². The quantitative estimate of drug-likeness (QED) is 0.422. The molecule has 0 radical (unpaired) electrons. The number of carbonyl (C=O) groups is 1. The van der Waals surface area contributed by atoms with E-state index in [0.29, 0.717) is 29.3 Å². The molecule has 32 heavy (non-hydrogen) atoms. The van der Waals surface area contributed by atoms with E-state index in [1.54, 1.807) is 24.3 Å². The number of amides is 1. The van der Waals surface area contributed by atoms with E-state index in [-0.39, 0.29) is 29.4 Å². The van der Waals surface area contributed by atoms with E-state index in [2.05, 4.69) is 0 Å². The number of primary amides is 1. The monoisotopic (exact) mass is 474 g/mol. The van der Waals surface area contributed by atoms with Crippen LogP contribution in [-0.4, -0.2) is 10.5 Å². The lowest BCUT2D eigenvalue weighted by atomic mass is 10.0. The Bertz CT molecular complexity index is 1130. The van der Waals surface area contributed by atoms with E-state index in [4.69, 9.17) is 17.3 Å². The molecule has 170 valence electrons. The summed E-state index contributed by atoms with van der Waals surface area (Å²) in [6.45, 7) is 1.70. The maximum atomic E-state index is 13.3. The van der Waals surface area contributed by atoms with Gasteiger partial charge in [0.05, 0.1) is 16.7 Å². The summed E-state index contributed by atoms with van der Waals surface area (Å²) in [6, 6.07) is 9.40. The molecule has 0 bridgehead atoms. The van der Waals surface area contributed by atoms with Crippen LogP contribution in [0.15, 0.2) is 48.5 Å². The van der Waals surface area contributed by atoms with Gasteiger partial charge in [0, 0.05) is 23.0 Å². The van der Waals surface area contributed by atoms with E-state index < -0.39 is 29.4 Å². The topological polar surface area (TPSA) is 48.0 Å². The number of carbonyl (C=O) groups excluding carboxylic acids is 1. The van der Waals surface area contributed by atoms with Gasteiger partial charge in [0.2, 0.25) is 0 Å². The summed E-state index contributed by atoms with van der Waals surface area (Å²) in [5, 5.41) is 0.484. The van der Waals surface area contributed by atoms with Gasteiger partial charge >= 0.3 is 12.4 Å². The van der Waals surface area contributed by atoms with Gasteiger partial charge in [-0.05, 0) is 60.9 Å². The number of nitrogens with two attached hydrogens (primary N) is 1. The van der Waals surface area contributed by atoms with Crippen molar-refractivity contribution < 1.29 is 31.1 Å². The summed E-state index contributed by atoms with van der Waals surface area (Å²) in [6.07, 6.45) is -9.61. The molecule has 2 N–H and O–H groups in total. The lowest BCUT2D eigenvalue weighted by Gasteiger charge is -2.17. The van der Waals surface area contributed by atoms with Gasteiger partial charge < -0.3 is 10.3 Å². The molecule has 0 spiro atoms. The number of halogens is 7. The number of rotatable bonds is 5. The zero-order valence-electron chi connectivity index (χ0n) is 16.6. The third kappa shape index (κ3) is 5.09. The van der Waals surface area contributed by atoms with Crippen molar-refractivity contribution in [3.63, 3.8) is 0 Å². The van der Waals surface area contributed by atoms with Crippen LogP contribution in [-0.2, 0) is 25.3 Å². The van der Waals surface area contributed by atoms with Crippen LogP contribution >= 0.6 is 11.6 Å². The van der Waals surface area contributed by atoms with Gasteiger partial charge in [-0.25, -0.2) is 0 Å². The molecule has 10 heteroatoms. The summed E-state index contributed by atoms with van der Waals surface area (Å²) < 4.78 is 81.4. The smallest absolute Gasteiger partial charge is 0.366 e. The maximum Gasteiger partial charge on any atom is 0.416 e. The number of aromatic nitrogens is 1. The summed E-state index contributed by atoms with van der Waals surface area (Å²) in [4.78, 5) is 11.8. The number of alkyl halides is 6. The molecule has 0 aliphatic carbocycles. The van der Waals surface area contributed by atoms with Crippen LogP contribution in [0.1, 0.15) is 32.7 Å². The maximum absolute atomic E-state index is 13.3. The van der Waals surface area contributed by atoms with Crippen LogP contribution < -0.4 is 5.73 Å². The number of hydrogen-bond donors (Lipinski definition) is 1. The van der Waals surface area contributed by atoms with Gasteiger partial charge in [0.1, 0.15) is 0 Å². The molecule has 1 aromatic heterocycles. The van der Waals surface area contributed by atoms with Crippen LogP contribution in [0.5, 0.6) is 0 Å². The molecule has 0 aliphatic heterocycles. The highest BCUT2D eigenvalue weighted by atomic mass is 35.5. The highest BCUT2D eigenvalue weighted by Crippen LogP contribution is 2.39. The molecule has 0 atom stereocenters. The van der Waals surface area contributed by atoms with Crippen LogP contribution in [0.25, 0.3) is 11.3 Å². The molecule has 0 unspecified atom stereocenters. The third-order valence-corrected chi connectivity index (χ3v) is 5.26. The highest BCUT2D eigenvalue weighted by molar-refractivity contribution is 6.30. The Hall–Kier alpha value is -2.94. The van der Waals surface area contributed by atoms with E-state index in [1.807, 2.05) is 0 Å². The summed E-state index contributed by atoms with van der Waals surface area (Å²) >= 11 is 5.97. The van der Waals surface area contributed by atoms with Crippen molar-refractivity contribution in [3.8, 4) is 11.3 Å². The number of benzene rings is 2. The van der Waals surface area contributed by atoms with E-state index in [9.17, 15) is 31.1 Å². The second-order valence-corrected chi connectivity index (χ2v) is 7.66. The Balaban J connectivity index is 2.16. The molecule has 3 nitrogen and oxygen atoms in total. The first-order valence-corrected chi connectivity index (χ1v) is 9.69. The molecule has 0 saturated carbocycles. The normalized spacial score (nSPS) is 12.2. The van der Waals surface area contributed by atoms with Crippen molar-refractivity contribution in [2.75, 3.05) is 0 Å². The molecule has 2 aromatic carbocycles. The van der Waals surface area contributed by atoms with Crippen molar-refractivity contribution in [2.24, 2.45) is 5.73 Å². The van der Waals surface area contributed by atoms with Crippen LogP contribution in [0.3, 0.4) is 0 Å². The first-order valence-electron chi connectivity index (χ1n) is 9.31. The van der Waals surface area contributed by atoms with E-state index >= 15 is 0 Å². The SMILES string of the molecule is Cc1c(C(N)=O)cc(-c2cc(C(F)(F)F)cc(C(F)(F)F)c2)n1CCc1cccc(Cl)c1. The molecule has 0 aliphatic rings. The van der Waals surface area contributed by atoms with Crippen molar-refractivity contribution in [1.82, 2.24) is 4.57 Å². The fraction of sp³-hybridized carbons (Fsp3) is 0.227. The molecule has 0 saturated heterocycles. The Morgan fingerprint density at radius 3 is 2.06 bits per heavy atom. The van der Waals surface area contributed by atoms with Gasteiger partial charge in [-0.3, -0.25) is 4.79 Å². The zero-order valence-corrected chi connectivity index (χ0v) is 17.4. The minimum absolute atomic E-state index is 0.0112. The van der Waals surface area contributed by atoms with Crippen LogP contribution in [0, 0.1) is 6.92 Å². The highest BCUT2D eigenvalue weighted by Gasteiger charge is 2.37. The Morgan fingerprint density at radius 1 is 0.969 bits per heavy atom. The minimum Gasteiger partial charge on any atom is -0.366 e. The molecular weight excluding hydrogens is 458 g/mol. The average Bonchev–Trinajstić information content (AvgIpc) is 3.01.